The number of carbonyl (C=O) groups is 1. The largest absolute Gasteiger partial charge is 0.579 e. The van der Waals surface area contributed by atoms with Crippen molar-refractivity contribution < 1.29 is 9.22 Å². The van der Waals surface area contributed by atoms with Crippen LogP contribution in [0.5, 0.6) is 0 Å². The number of hydrogen-bond acceptors (Lipinski definition) is 1. The summed E-state index contributed by atoms with van der Waals surface area (Å²) in [6.45, 7) is 1.30. The minimum Gasteiger partial charge on any atom is -0.232 e. The van der Waals surface area contributed by atoms with E-state index >= 15 is 0 Å². The van der Waals surface area contributed by atoms with E-state index in [2.05, 4.69) is 14.4 Å². The molecule has 9 heavy (non-hydrogen) atoms. The summed E-state index contributed by atoms with van der Waals surface area (Å²) in [5, 5.41) is 0. The SMILES string of the molecule is CC(=O)[O+]=C1N=CC=N1. The summed E-state index contributed by atoms with van der Waals surface area (Å²) in [4.78, 5) is 17.4. The van der Waals surface area contributed by atoms with Crippen molar-refractivity contribution in [3.05, 3.63) is 0 Å². The molecule has 0 fully saturated rings. The molecule has 2 amide bonds. The van der Waals surface area contributed by atoms with Crippen LogP contribution in [0.2, 0.25) is 0 Å². The molecule has 0 unspecified atom stereocenters. The standard InChI is InChI=1S/C5H5N2O2/c1-4(8)9-5-6-2-3-7-5/h2-3H,1H3/q+1. The van der Waals surface area contributed by atoms with E-state index < -0.39 is 5.97 Å². The van der Waals surface area contributed by atoms with Crippen molar-refractivity contribution in [3.63, 3.8) is 0 Å². The second-order valence-electron chi connectivity index (χ2n) is 1.43. The Morgan fingerprint density at radius 2 is 2.11 bits per heavy atom. The second-order valence-corrected chi connectivity index (χ2v) is 1.43. The van der Waals surface area contributed by atoms with Gasteiger partial charge in [0, 0.05) is 4.79 Å². The van der Waals surface area contributed by atoms with Crippen LogP contribution < -0.4 is 0 Å². The number of urea groups is 1. The molecular weight excluding hydrogens is 120 g/mol. The first-order chi connectivity index (χ1) is 4.29. The smallest absolute Gasteiger partial charge is 0.232 e. The topological polar surface area (TPSA) is 53.1 Å². The van der Waals surface area contributed by atoms with Gasteiger partial charge in [-0.15, -0.1) is 0 Å². The van der Waals surface area contributed by atoms with E-state index in [1.807, 2.05) is 0 Å². The van der Waals surface area contributed by atoms with Crippen LogP contribution in [0.4, 0.5) is 4.42 Å². The molecule has 46 valence electrons. The number of aliphatic imine (C=N–C) groups is 2. The third-order valence-corrected chi connectivity index (χ3v) is 0.672. The average molecular weight is 125 g/mol. The minimum absolute atomic E-state index is 0.113. The third kappa shape index (κ3) is 1.56. The van der Waals surface area contributed by atoms with Crippen molar-refractivity contribution >= 4 is 24.4 Å². The lowest BCUT2D eigenvalue weighted by Gasteiger charge is -1.70. The van der Waals surface area contributed by atoms with Crippen LogP contribution in [0.1, 0.15) is 6.92 Å². The van der Waals surface area contributed by atoms with Crippen molar-refractivity contribution in [2.24, 2.45) is 9.98 Å². The number of nitrogens with zero attached hydrogens (tertiary/aromatic N) is 2. The molecule has 0 aromatic rings. The first-order valence-electron chi connectivity index (χ1n) is 2.41. The molecule has 0 spiro atoms. The predicted molar refractivity (Wildman–Crippen MR) is 33.1 cm³/mol. The van der Waals surface area contributed by atoms with Crippen LogP contribution in [-0.4, -0.2) is 24.4 Å². The fraction of sp³-hybridized carbons (Fsp3) is 0.200. The molecule has 0 aromatic carbocycles. The van der Waals surface area contributed by atoms with Gasteiger partial charge >= 0.3 is 12.0 Å². The van der Waals surface area contributed by atoms with Crippen molar-refractivity contribution in [2.75, 3.05) is 0 Å². The molecule has 0 atom stereocenters. The molecule has 4 heteroatoms. The van der Waals surface area contributed by atoms with Gasteiger partial charge in [-0.3, -0.25) is 0 Å². The van der Waals surface area contributed by atoms with Gasteiger partial charge < -0.3 is 0 Å². The van der Waals surface area contributed by atoms with E-state index in [1.54, 1.807) is 0 Å². The molecular formula is C5H5N2O2+. The number of carbonyl (C=O) groups excluding carboxylic acids is 2. The summed E-state index contributed by atoms with van der Waals surface area (Å²) in [5.41, 5.74) is 0. The molecule has 1 heterocycles. The van der Waals surface area contributed by atoms with Crippen molar-refractivity contribution in [1.29, 1.82) is 0 Å². The molecule has 1 rings (SSSR count). The van der Waals surface area contributed by atoms with Gasteiger partial charge in [0.25, 0.3) is 0 Å². The van der Waals surface area contributed by atoms with E-state index in [4.69, 9.17) is 0 Å². The third-order valence-electron chi connectivity index (χ3n) is 0.672. The van der Waals surface area contributed by atoms with Gasteiger partial charge in [-0.05, 0) is 0 Å². The van der Waals surface area contributed by atoms with Gasteiger partial charge in [-0.2, -0.15) is 9.98 Å². The molecule has 0 N–H and O–H groups in total. The monoisotopic (exact) mass is 125 g/mol. The Morgan fingerprint density at radius 1 is 1.56 bits per heavy atom. The lowest BCUT2D eigenvalue weighted by Crippen LogP contribution is -1.85. The molecule has 0 aliphatic carbocycles. The molecule has 0 saturated carbocycles. The summed E-state index contributed by atoms with van der Waals surface area (Å²) in [5.74, 6) is -0.402. The first kappa shape index (κ1) is 5.81. The number of amides is 2. The number of rotatable bonds is 0. The first-order valence-corrected chi connectivity index (χ1v) is 2.41. The molecule has 0 aromatic heterocycles. The Labute approximate surface area is 51.6 Å². The number of hydrogen-bond donors (Lipinski definition) is 0. The minimum atomic E-state index is -0.402. The van der Waals surface area contributed by atoms with Gasteiger partial charge in [0.1, 0.15) is 6.92 Å². The Bertz CT molecular complexity index is 201. The van der Waals surface area contributed by atoms with Crippen LogP contribution in [-0.2, 0) is 4.79 Å². The maximum atomic E-state index is 10.2. The van der Waals surface area contributed by atoms with E-state index in [-0.39, 0.29) is 6.03 Å². The summed E-state index contributed by atoms with van der Waals surface area (Å²) >= 11 is 0. The Kier molecular flexibility index (Phi) is 1.48. The van der Waals surface area contributed by atoms with Crippen LogP contribution in [0, 0.1) is 0 Å². The molecule has 1 aliphatic rings. The zero-order chi connectivity index (χ0) is 6.69. The summed E-state index contributed by atoms with van der Waals surface area (Å²) in [7, 11) is 0. The van der Waals surface area contributed by atoms with Gasteiger partial charge in [-0.1, -0.05) is 0 Å². The van der Waals surface area contributed by atoms with Crippen LogP contribution in [0.25, 0.3) is 0 Å². The normalized spacial score (nSPS) is 14.6. The molecule has 0 bridgehead atoms. The summed E-state index contributed by atoms with van der Waals surface area (Å²) in [6.07, 6.45) is 2.91. The van der Waals surface area contributed by atoms with E-state index in [0.717, 1.165) is 0 Å². The second kappa shape index (κ2) is 2.30. The fourth-order valence-corrected chi connectivity index (χ4v) is 0.409. The highest BCUT2D eigenvalue weighted by Crippen LogP contribution is 1.93. The summed E-state index contributed by atoms with van der Waals surface area (Å²) < 4.78 is 4.49. The molecule has 1 aliphatic heterocycles. The van der Waals surface area contributed by atoms with Gasteiger partial charge in [0.05, 0.1) is 12.4 Å². The highest BCUT2D eigenvalue weighted by molar-refractivity contribution is 6.25. The zero-order valence-electron chi connectivity index (χ0n) is 4.87. The quantitative estimate of drug-likeness (QED) is 0.431. The lowest BCUT2D eigenvalue weighted by atomic mass is 10.8. The maximum absolute atomic E-state index is 10.2. The predicted octanol–water partition coefficient (Wildman–Crippen LogP) is 0.344. The highest BCUT2D eigenvalue weighted by atomic mass is 16.5. The van der Waals surface area contributed by atoms with Crippen LogP contribution in [0.15, 0.2) is 9.98 Å². The van der Waals surface area contributed by atoms with Crippen molar-refractivity contribution in [1.82, 2.24) is 0 Å². The van der Waals surface area contributed by atoms with Gasteiger partial charge in [0.2, 0.25) is 0 Å². The average Bonchev–Trinajstić information content (AvgIpc) is 2.15. The molecule has 4 nitrogen and oxygen atoms in total. The van der Waals surface area contributed by atoms with E-state index in [0.29, 0.717) is 0 Å². The fourth-order valence-electron chi connectivity index (χ4n) is 0.409. The van der Waals surface area contributed by atoms with Crippen molar-refractivity contribution in [2.45, 2.75) is 6.92 Å². The Morgan fingerprint density at radius 3 is 2.56 bits per heavy atom. The van der Waals surface area contributed by atoms with Gasteiger partial charge in [0.15, 0.2) is 0 Å². The highest BCUT2D eigenvalue weighted by Gasteiger charge is 2.09. The Hall–Kier alpha value is -1.32. The van der Waals surface area contributed by atoms with E-state index in [9.17, 15) is 4.79 Å². The molecule has 0 saturated heterocycles. The van der Waals surface area contributed by atoms with Crippen LogP contribution in [0.3, 0.4) is 0 Å². The molecule has 0 radical (unpaired) electrons. The maximum Gasteiger partial charge on any atom is 0.579 e. The van der Waals surface area contributed by atoms with Gasteiger partial charge in [-0.25, -0.2) is 4.42 Å². The lowest BCUT2D eigenvalue weighted by molar-refractivity contribution is -0.187. The van der Waals surface area contributed by atoms with Crippen LogP contribution >= 0.6 is 0 Å². The summed E-state index contributed by atoms with van der Waals surface area (Å²) in [6, 6.07) is 0.113. The van der Waals surface area contributed by atoms with Crippen molar-refractivity contribution in [3.8, 4) is 0 Å². The Balaban J connectivity index is 2.73. The zero-order valence-corrected chi connectivity index (χ0v) is 4.87. The van der Waals surface area contributed by atoms with E-state index in [1.165, 1.54) is 19.4 Å².